The first-order valence-electron chi connectivity index (χ1n) is 10.6. The topological polar surface area (TPSA) is 66.8 Å². The van der Waals surface area contributed by atoms with Gasteiger partial charge in [0.15, 0.2) is 0 Å². The molecule has 2 amide bonds. The smallest absolute Gasteiger partial charge is 0.274 e. The number of aromatic amines is 1. The molecule has 4 rings (SSSR count). The van der Waals surface area contributed by atoms with Crippen LogP contribution in [-0.4, -0.2) is 48.9 Å². The van der Waals surface area contributed by atoms with E-state index in [4.69, 9.17) is 0 Å². The van der Waals surface area contributed by atoms with Crippen LogP contribution in [0.5, 0.6) is 0 Å². The van der Waals surface area contributed by atoms with Gasteiger partial charge >= 0.3 is 0 Å². The molecule has 1 aliphatic rings. The van der Waals surface area contributed by atoms with E-state index in [2.05, 4.69) is 15.2 Å². The van der Waals surface area contributed by atoms with Crippen LogP contribution in [0, 0.1) is 0 Å². The molecule has 2 heterocycles. The molecule has 31 heavy (non-hydrogen) atoms. The first kappa shape index (κ1) is 20.6. The van der Waals surface area contributed by atoms with E-state index in [1.54, 1.807) is 12.1 Å². The molecular weight excluding hydrogens is 388 g/mol. The number of carbonyl (C=O) groups is 2. The van der Waals surface area contributed by atoms with Gasteiger partial charge in [0, 0.05) is 18.1 Å². The van der Waals surface area contributed by atoms with E-state index < -0.39 is 6.04 Å². The number of pyridine rings is 1. The van der Waals surface area contributed by atoms with Gasteiger partial charge in [-0.2, -0.15) is 0 Å². The maximum Gasteiger partial charge on any atom is 0.274 e. The molecule has 6 heteroatoms. The van der Waals surface area contributed by atoms with Gasteiger partial charge in [-0.15, -0.1) is 0 Å². The van der Waals surface area contributed by atoms with Crippen molar-refractivity contribution in [2.45, 2.75) is 12.5 Å². The summed E-state index contributed by atoms with van der Waals surface area (Å²) < 4.78 is 0. The van der Waals surface area contributed by atoms with Crippen molar-refractivity contribution < 1.29 is 14.6 Å². The molecule has 1 aliphatic heterocycles. The average molecular weight is 416 g/mol. The van der Waals surface area contributed by atoms with E-state index >= 15 is 0 Å². The monoisotopic (exact) mass is 415 g/mol. The Labute approximate surface area is 182 Å². The van der Waals surface area contributed by atoms with Crippen LogP contribution in [0.25, 0.3) is 0 Å². The number of H-pyrrole nitrogens is 1. The fourth-order valence-corrected chi connectivity index (χ4v) is 3.85. The van der Waals surface area contributed by atoms with Crippen molar-refractivity contribution in [1.82, 2.24) is 10.2 Å². The Hall–Kier alpha value is -3.67. The minimum absolute atomic E-state index is 0.0372. The Morgan fingerprint density at radius 2 is 1.48 bits per heavy atom. The molecule has 0 radical (unpaired) electrons. The predicted octanol–water partition coefficient (Wildman–Crippen LogP) is 2.19. The number of aromatic nitrogens is 1. The number of benzene rings is 2. The molecule has 1 atom stereocenters. The maximum atomic E-state index is 13.4. The second kappa shape index (κ2) is 9.89. The molecule has 2 aromatic carbocycles. The Kier molecular flexibility index (Phi) is 6.57. The van der Waals surface area contributed by atoms with Crippen LogP contribution in [-0.2, 0) is 11.2 Å². The number of hydrogen-bond acceptors (Lipinski definition) is 3. The lowest BCUT2D eigenvalue weighted by Crippen LogP contribution is -2.56. The number of anilines is 1. The second-order valence-electron chi connectivity index (χ2n) is 7.64. The number of rotatable bonds is 6. The van der Waals surface area contributed by atoms with E-state index in [1.165, 1.54) is 0 Å². The molecule has 2 N–H and O–H groups in total. The number of nitrogens with zero attached hydrogens (tertiary/aromatic N) is 2. The summed E-state index contributed by atoms with van der Waals surface area (Å²) in [5.74, 6) is 0.782. The van der Waals surface area contributed by atoms with Crippen LogP contribution in [0.15, 0.2) is 85.1 Å². The Bertz CT molecular complexity index is 988. The fourth-order valence-electron chi connectivity index (χ4n) is 3.85. The summed E-state index contributed by atoms with van der Waals surface area (Å²) >= 11 is 0. The zero-order chi connectivity index (χ0) is 21.5. The maximum absolute atomic E-state index is 13.4. The van der Waals surface area contributed by atoms with E-state index in [0.717, 1.165) is 24.5 Å². The molecule has 0 unspecified atom stereocenters. The van der Waals surface area contributed by atoms with Crippen molar-refractivity contribution in [2.24, 2.45) is 0 Å². The third-order valence-corrected chi connectivity index (χ3v) is 5.55. The van der Waals surface area contributed by atoms with Crippen molar-refractivity contribution in [3.05, 3.63) is 96.2 Å². The summed E-state index contributed by atoms with van der Waals surface area (Å²) in [6.45, 7) is 2.73. The molecule has 0 bridgehead atoms. The lowest BCUT2D eigenvalue weighted by molar-refractivity contribution is -0.364. The lowest BCUT2D eigenvalue weighted by Gasteiger charge is -2.33. The molecule has 0 saturated carbocycles. The minimum atomic E-state index is -0.607. The number of amides is 2. The first-order valence-corrected chi connectivity index (χ1v) is 10.6. The van der Waals surface area contributed by atoms with Crippen LogP contribution in [0.2, 0.25) is 0 Å². The molecule has 1 saturated heterocycles. The van der Waals surface area contributed by atoms with Crippen molar-refractivity contribution in [3.8, 4) is 0 Å². The van der Waals surface area contributed by atoms with Crippen LogP contribution in [0.3, 0.4) is 0 Å². The van der Waals surface area contributed by atoms with Gasteiger partial charge in [-0.3, -0.25) is 14.5 Å². The Morgan fingerprint density at radius 1 is 0.839 bits per heavy atom. The van der Waals surface area contributed by atoms with Crippen LogP contribution in [0.4, 0.5) is 5.82 Å². The summed E-state index contributed by atoms with van der Waals surface area (Å²) in [7, 11) is 0. The molecule has 0 spiro atoms. The molecule has 1 fully saturated rings. The van der Waals surface area contributed by atoms with Gasteiger partial charge in [-0.1, -0.05) is 54.6 Å². The van der Waals surface area contributed by atoms with Crippen LogP contribution in [0.1, 0.15) is 15.9 Å². The number of nitrogens with one attached hydrogen (secondary N) is 2. The molecule has 6 nitrogen and oxygen atoms in total. The van der Waals surface area contributed by atoms with E-state index in [9.17, 15) is 9.59 Å². The molecule has 3 aromatic rings. The highest BCUT2D eigenvalue weighted by atomic mass is 16.2. The fraction of sp³-hybridized carbons (Fsp3) is 0.240. The standard InChI is InChI=1S/C25H26N4O2/c30-24(21-11-5-2-6-12-21)27-22(19-20-9-3-1-4-10-20)25(31)29-17-15-28(16-18-29)23-13-7-8-14-26-23/h1-14,22H,15-19H2,(H,27,30)/p+1/t22-/m0/s1. The van der Waals surface area contributed by atoms with Gasteiger partial charge in [0.25, 0.3) is 11.7 Å². The summed E-state index contributed by atoms with van der Waals surface area (Å²) in [5.41, 5.74) is 1.57. The number of piperazine rings is 1. The van der Waals surface area contributed by atoms with Gasteiger partial charge in [0.2, 0.25) is 5.91 Å². The third-order valence-electron chi connectivity index (χ3n) is 5.55. The van der Waals surface area contributed by atoms with Crippen LogP contribution < -0.4 is 15.2 Å². The van der Waals surface area contributed by atoms with Crippen molar-refractivity contribution >= 4 is 17.6 Å². The normalized spacial score (nSPS) is 14.7. The van der Waals surface area contributed by atoms with Gasteiger partial charge in [0.1, 0.15) is 19.1 Å². The minimum Gasteiger partial charge on any atom is -0.340 e. The van der Waals surface area contributed by atoms with Crippen molar-refractivity contribution in [1.29, 1.82) is 0 Å². The summed E-state index contributed by atoms with van der Waals surface area (Å²) in [6.07, 6.45) is 2.37. The molecule has 0 aliphatic carbocycles. The SMILES string of the molecule is O=C(N[C@@H](Cc1ccccc1)C(=O)N1CCN(c2cccc[nH+]2)CC1)c1ccccc1. The number of carbonyl (C=O) groups excluding carboxylic acids is 2. The zero-order valence-corrected chi connectivity index (χ0v) is 17.4. The van der Waals surface area contributed by atoms with E-state index in [1.807, 2.05) is 77.8 Å². The molecular formula is C25H27N4O2+. The van der Waals surface area contributed by atoms with E-state index in [-0.39, 0.29) is 11.8 Å². The average Bonchev–Trinajstić information content (AvgIpc) is 2.85. The Morgan fingerprint density at radius 3 is 2.13 bits per heavy atom. The number of hydrogen-bond donors (Lipinski definition) is 1. The highest BCUT2D eigenvalue weighted by Gasteiger charge is 2.31. The third kappa shape index (κ3) is 5.28. The predicted molar refractivity (Wildman–Crippen MR) is 120 cm³/mol. The highest BCUT2D eigenvalue weighted by Crippen LogP contribution is 2.13. The van der Waals surface area contributed by atoms with Crippen LogP contribution >= 0.6 is 0 Å². The van der Waals surface area contributed by atoms with Gasteiger partial charge < -0.3 is 10.2 Å². The largest absolute Gasteiger partial charge is 0.340 e. The molecule has 1 aromatic heterocycles. The van der Waals surface area contributed by atoms with Gasteiger partial charge in [-0.25, -0.2) is 4.98 Å². The summed E-state index contributed by atoms with van der Waals surface area (Å²) in [4.78, 5) is 33.5. The second-order valence-corrected chi connectivity index (χ2v) is 7.64. The molecule has 158 valence electrons. The summed E-state index contributed by atoms with van der Waals surface area (Å²) in [5, 5.41) is 2.97. The zero-order valence-electron chi connectivity index (χ0n) is 17.4. The Balaban J connectivity index is 1.45. The lowest BCUT2D eigenvalue weighted by atomic mass is 10.0. The van der Waals surface area contributed by atoms with Crippen molar-refractivity contribution in [2.75, 3.05) is 31.1 Å². The highest BCUT2D eigenvalue weighted by molar-refractivity contribution is 5.97. The van der Waals surface area contributed by atoms with Crippen molar-refractivity contribution in [3.63, 3.8) is 0 Å². The summed E-state index contributed by atoms with van der Waals surface area (Å²) in [6, 6.07) is 24.2. The van der Waals surface area contributed by atoms with Gasteiger partial charge in [0.05, 0.1) is 19.3 Å². The quantitative estimate of drug-likeness (QED) is 0.671. The van der Waals surface area contributed by atoms with E-state index in [0.29, 0.717) is 25.1 Å². The first-order chi connectivity index (χ1) is 15.2. The van der Waals surface area contributed by atoms with Gasteiger partial charge in [-0.05, 0) is 23.8 Å².